The van der Waals surface area contributed by atoms with Gasteiger partial charge >= 0.3 is 0 Å². The lowest BCUT2D eigenvalue weighted by Gasteiger charge is -2.31. The monoisotopic (exact) mass is 231 g/mol. The van der Waals surface area contributed by atoms with Crippen LogP contribution in [0.2, 0.25) is 0 Å². The van der Waals surface area contributed by atoms with Crippen LogP contribution in [-0.2, 0) is 9.63 Å². The van der Waals surface area contributed by atoms with Crippen molar-refractivity contribution in [3.05, 3.63) is 10.1 Å². The molecule has 0 bridgehead atoms. The first-order valence-corrected chi connectivity index (χ1v) is 5.38. The second kappa shape index (κ2) is 6.26. The summed E-state index contributed by atoms with van der Waals surface area (Å²) in [7, 11) is 0. The van der Waals surface area contributed by atoms with Crippen LogP contribution in [0.1, 0.15) is 19.3 Å². The van der Waals surface area contributed by atoms with E-state index in [4.69, 9.17) is 5.73 Å². The molecule has 2 N–H and O–H groups in total. The fourth-order valence-corrected chi connectivity index (χ4v) is 1.80. The maximum Gasteiger partial charge on any atom is 0.294 e. The Morgan fingerprint density at radius 2 is 2.12 bits per heavy atom. The summed E-state index contributed by atoms with van der Waals surface area (Å²) < 4.78 is 0. The van der Waals surface area contributed by atoms with Gasteiger partial charge in [-0.05, 0) is 18.8 Å². The molecule has 0 atom stereocenters. The normalized spacial score (nSPS) is 17.2. The highest BCUT2D eigenvalue weighted by atomic mass is 16.9. The van der Waals surface area contributed by atoms with Crippen molar-refractivity contribution >= 4 is 5.91 Å². The Morgan fingerprint density at radius 1 is 1.50 bits per heavy atom. The van der Waals surface area contributed by atoms with Gasteiger partial charge in [0.15, 0.2) is 0 Å². The van der Waals surface area contributed by atoms with Crippen molar-refractivity contribution in [2.45, 2.75) is 19.3 Å². The summed E-state index contributed by atoms with van der Waals surface area (Å²) in [6.45, 7) is 1.78. The summed E-state index contributed by atoms with van der Waals surface area (Å²) in [4.78, 5) is 27.6. The van der Waals surface area contributed by atoms with Crippen molar-refractivity contribution in [1.29, 1.82) is 0 Å². The van der Waals surface area contributed by atoms with Gasteiger partial charge in [-0.1, -0.05) is 0 Å². The number of rotatable bonds is 5. The van der Waals surface area contributed by atoms with Gasteiger partial charge in [0, 0.05) is 26.1 Å². The number of nitrogens with two attached hydrogens (primary N) is 1. The first-order valence-electron chi connectivity index (χ1n) is 5.38. The Hall–Kier alpha value is -1.37. The molecule has 1 heterocycles. The smallest absolute Gasteiger partial charge is 0.294 e. The molecular weight excluding hydrogens is 214 g/mol. The number of nitrogens with zero attached hydrogens (tertiary/aromatic N) is 2. The summed E-state index contributed by atoms with van der Waals surface area (Å²) in [5, 5.41) is 9.23. The maximum atomic E-state index is 11.5. The molecule has 92 valence electrons. The SMILES string of the molecule is NCCC(=O)N1CCC(CO[N+](=O)[O-])CC1. The van der Waals surface area contributed by atoms with Crippen molar-refractivity contribution in [3.63, 3.8) is 0 Å². The molecule has 1 aliphatic rings. The van der Waals surface area contributed by atoms with Gasteiger partial charge in [-0.2, -0.15) is 0 Å². The van der Waals surface area contributed by atoms with Gasteiger partial charge in [0.2, 0.25) is 5.91 Å². The molecular formula is C9H17N3O4. The zero-order chi connectivity index (χ0) is 12.0. The van der Waals surface area contributed by atoms with Gasteiger partial charge in [0.05, 0.1) is 6.61 Å². The lowest BCUT2D eigenvalue weighted by atomic mass is 9.98. The van der Waals surface area contributed by atoms with Gasteiger partial charge in [-0.25, -0.2) is 0 Å². The third-order valence-corrected chi connectivity index (χ3v) is 2.74. The van der Waals surface area contributed by atoms with Gasteiger partial charge in [0.25, 0.3) is 5.09 Å². The lowest BCUT2D eigenvalue weighted by molar-refractivity contribution is -0.759. The molecule has 0 aromatic carbocycles. The molecule has 0 saturated carbocycles. The van der Waals surface area contributed by atoms with Crippen LogP contribution in [0.4, 0.5) is 0 Å². The first kappa shape index (κ1) is 12.7. The van der Waals surface area contributed by atoms with E-state index in [0.717, 1.165) is 12.8 Å². The molecule has 7 heteroatoms. The Labute approximate surface area is 93.6 Å². The van der Waals surface area contributed by atoms with Gasteiger partial charge in [-0.15, -0.1) is 10.1 Å². The van der Waals surface area contributed by atoms with E-state index >= 15 is 0 Å². The van der Waals surface area contributed by atoms with Gasteiger partial charge in [0.1, 0.15) is 0 Å². The Bertz CT molecular complexity index is 251. The molecule has 1 fully saturated rings. The molecule has 0 radical (unpaired) electrons. The fourth-order valence-electron chi connectivity index (χ4n) is 1.80. The lowest BCUT2D eigenvalue weighted by Crippen LogP contribution is -2.40. The Morgan fingerprint density at radius 3 is 2.62 bits per heavy atom. The highest BCUT2D eigenvalue weighted by Crippen LogP contribution is 2.17. The molecule has 1 amide bonds. The van der Waals surface area contributed by atoms with Crippen LogP contribution in [0, 0.1) is 16.0 Å². The first-order chi connectivity index (χ1) is 7.63. The van der Waals surface area contributed by atoms with Gasteiger partial charge in [-0.3, -0.25) is 4.79 Å². The van der Waals surface area contributed by atoms with Crippen LogP contribution >= 0.6 is 0 Å². The van der Waals surface area contributed by atoms with Crippen molar-refractivity contribution in [1.82, 2.24) is 4.90 Å². The van der Waals surface area contributed by atoms with Crippen LogP contribution in [0.25, 0.3) is 0 Å². The summed E-state index contributed by atoms with van der Waals surface area (Å²) in [5.74, 6) is 0.239. The molecule has 1 rings (SSSR count). The molecule has 0 unspecified atom stereocenters. The van der Waals surface area contributed by atoms with Crippen LogP contribution in [-0.4, -0.2) is 42.1 Å². The van der Waals surface area contributed by atoms with Crippen LogP contribution in [0.5, 0.6) is 0 Å². The summed E-state index contributed by atoms with van der Waals surface area (Å²) in [6, 6.07) is 0. The quantitative estimate of drug-likeness (QED) is 0.521. The average molecular weight is 231 g/mol. The van der Waals surface area contributed by atoms with E-state index in [0.29, 0.717) is 26.1 Å². The van der Waals surface area contributed by atoms with Crippen LogP contribution in [0.3, 0.4) is 0 Å². The van der Waals surface area contributed by atoms with Crippen molar-refractivity contribution in [2.75, 3.05) is 26.2 Å². The molecule has 1 saturated heterocycles. The predicted molar refractivity (Wildman–Crippen MR) is 55.9 cm³/mol. The molecule has 16 heavy (non-hydrogen) atoms. The molecule has 7 nitrogen and oxygen atoms in total. The largest absolute Gasteiger partial charge is 0.343 e. The van der Waals surface area contributed by atoms with Crippen molar-refractivity contribution in [3.8, 4) is 0 Å². The minimum absolute atomic E-state index is 0.0659. The van der Waals surface area contributed by atoms with Crippen molar-refractivity contribution < 1.29 is 14.7 Å². The zero-order valence-electron chi connectivity index (χ0n) is 9.13. The topological polar surface area (TPSA) is 98.7 Å². The minimum atomic E-state index is -0.772. The molecule has 1 aliphatic heterocycles. The van der Waals surface area contributed by atoms with E-state index in [-0.39, 0.29) is 18.4 Å². The number of carbonyl (C=O) groups is 1. The molecule has 0 aliphatic carbocycles. The van der Waals surface area contributed by atoms with E-state index in [1.807, 2.05) is 0 Å². The maximum absolute atomic E-state index is 11.5. The third-order valence-electron chi connectivity index (χ3n) is 2.74. The van der Waals surface area contributed by atoms with Crippen LogP contribution < -0.4 is 5.73 Å². The highest BCUT2D eigenvalue weighted by molar-refractivity contribution is 5.76. The molecule has 0 spiro atoms. The summed E-state index contributed by atoms with van der Waals surface area (Å²) in [6.07, 6.45) is 1.88. The van der Waals surface area contributed by atoms with E-state index in [1.165, 1.54) is 0 Å². The second-order valence-corrected chi connectivity index (χ2v) is 3.88. The summed E-state index contributed by atoms with van der Waals surface area (Å²) >= 11 is 0. The fraction of sp³-hybridized carbons (Fsp3) is 0.889. The van der Waals surface area contributed by atoms with Crippen molar-refractivity contribution in [2.24, 2.45) is 11.7 Å². The number of amides is 1. The van der Waals surface area contributed by atoms with E-state index in [2.05, 4.69) is 4.84 Å². The number of hydrogen-bond donors (Lipinski definition) is 1. The Balaban J connectivity index is 2.23. The average Bonchev–Trinajstić information content (AvgIpc) is 2.27. The Kier molecular flexibility index (Phi) is 4.97. The predicted octanol–water partition coefficient (Wildman–Crippen LogP) is -0.218. The number of likely N-dealkylation sites (tertiary alicyclic amines) is 1. The van der Waals surface area contributed by atoms with E-state index < -0.39 is 5.09 Å². The summed E-state index contributed by atoms with van der Waals surface area (Å²) in [5.41, 5.74) is 5.30. The highest BCUT2D eigenvalue weighted by Gasteiger charge is 2.22. The van der Waals surface area contributed by atoms with Crippen LogP contribution in [0.15, 0.2) is 0 Å². The van der Waals surface area contributed by atoms with Gasteiger partial charge < -0.3 is 15.5 Å². The third kappa shape index (κ3) is 4.01. The van der Waals surface area contributed by atoms with E-state index in [9.17, 15) is 14.9 Å². The standard InChI is InChI=1S/C9H17N3O4/c10-4-1-9(13)11-5-2-8(3-6-11)7-16-12(14)15/h8H,1-7,10H2. The minimum Gasteiger partial charge on any atom is -0.343 e. The van der Waals surface area contributed by atoms with E-state index in [1.54, 1.807) is 4.90 Å². The second-order valence-electron chi connectivity index (χ2n) is 3.88. The molecule has 0 aromatic heterocycles. The zero-order valence-corrected chi connectivity index (χ0v) is 9.13. The number of carbonyl (C=O) groups excluding carboxylic acids is 1. The number of hydrogen-bond acceptors (Lipinski definition) is 5. The number of piperidine rings is 1. The molecule has 0 aromatic rings.